The number of hydrogen-bond donors (Lipinski definition) is 0. The SMILES string of the molecule is COc1cc(CN(CC2CCCO2)c2ncnc3c2cnn3-c2cc(C)ccc2C)cc(OC)c1OC. The maximum atomic E-state index is 6.01. The van der Waals surface area contributed by atoms with Crippen LogP contribution in [-0.4, -0.2) is 60.3 Å². The number of nitrogens with zero attached hydrogens (tertiary/aromatic N) is 5. The summed E-state index contributed by atoms with van der Waals surface area (Å²) < 4.78 is 24.6. The molecule has 0 spiro atoms. The summed E-state index contributed by atoms with van der Waals surface area (Å²) in [7, 11) is 4.86. The van der Waals surface area contributed by atoms with Crippen molar-refractivity contribution in [2.75, 3.05) is 39.4 Å². The molecule has 0 aliphatic carbocycles. The molecule has 1 saturated heterocycles. The Hall–Kier alpha value is -3.85. The summed E-state index contributed by atoms with van der Waals surface area (Å²) in [5.41, 5.74) is 5.07. The van der Waals surface area contributed by atoms with Crippen molar-refractivity contribution in [2.24, 2.45) is 0 Å². The Labute approximate surface area is 216 Å². The molecule has 0 saturated carbocycles. The predicted octanol–water partition coefficient (Wildman–Crippen LogP) is 4.64. The van der Waals surface area contributed by atoms with Gasteiger partial charge in [0, 0.05) is 19.7 Å². The summed E-state index contributed by atoms with van der Waals surface area (Å²) in [5.74, 6) is 2.61. The van der Waals surface area contributed by atoms with Crippen LogP contribution in [0.1, 0.15) is 29.5 Å². The van der Waals surface area contributed by atoms with Crippen LogP contribution in [0.4, 0.5) is 5.82 Å². The van der Waals surface area contributed by atoms with E-state index in [9.17, 15) is 0 Å². The molecule has 1 fully saturated rings. The van der Waals surface area contributed by atoms with Gasteiger partial charge < -0.3 is 23.8 Å². The van der Waals surface area contributed by atoms with E-state index in [1.54, 1.807) is 27.7 Å². The van der Waals surface area contributed by atoms with Crippen molar-refractivity contribution in [3.8, 4) is 22.9 Å². The lowest BCUT2D eigenvalue weighted by Crippen LogP contribution is -2.32. The van der Waals surface area contributed by atoms with Crippen molar-refractivity contribution in [2.45, 2.75) is 39.3 Å². The van der Waals surface area contributed by atoms with Crippen LogP contribution in [0.25, 0.3) is 16.7 Å². The fourth-order valence-electron chi connectivity index (χ4n) is 4.91. The fourth-order valence-corrected chi connectivity index (χ4v) is 4.91. The van der Waals surface area contributed by atoms with Crippen molar-refractivity contribution in [3.63, 3.8) is 0 Å². The molecule has 1 atom stereocenters. The summed E-state index contributed by atoms with van der Waals surface area (Å²) in [4.78, 5) is 11.6. The first kappa shape index (κ1) is 24.8. The molecule has 1 unspecified atom stereocenters. The lowest BCUT2D eigenvalue weighted by Gasteiger charge is -2.27. The number of benzene rings is 2. The largest absolute Gasteiger partial charge is 0.493 e. The number of methoxy groups -OCH3 is 3. The second-order valence-corrected chi connectivity index (χ2v) is 9.33. The molecule has 2 aromatic heterocycles. The average Bonchev–Trinajstić information content (AvgIpc) is 3.59. The topological polar surface area (TPSA) is 83.8 Å². The molecule has 3 heterocycles. The summed E-state index contributed by atoms with van der Waals surface area (Å²) in [6.07, 6.45) is 5.66. The van der Waals surface area contributed by atoms with Gasteiger partial charge in [-0.05, 0) is 61.6 Å². The second-order valence-electron chi connectivity index (χ2n) is 9.33. The molecule has 9 nitrogen and oxygen atoms in total. The predicted molar refractivity (Wildman–Crippen MR) is 142 cm³/mol. The quantitative estimate of drug-likeness (QED) is 0.327. The number of aromatic nitrogens is 4. The van der Waals surface area contributed by atoms with E-state index in [4.69, 9.17) is 29.0 Å². The molecule has 5 rings (SSSR count). The molecular formula is C28H33N5O4. The number of hydrogen-bond acceptors (Lipinski definition) is 8. The minimum Gasteiger partial charge on any atom is -0.493 e. The van der Waals surface area contributed by atoms with Crippen molar-refractivity contribution in [3.05, 3.63) is 59.5 Å². The lowest BCUT2D eigenvalue weighted by molar-refractivity contribution is 0.115. The number of ether oxygens (including phenoxy) is 4. The summed E-state index contributed by atoms with van der Waals surface area (Å²) in [6.45, 7) is 6.20. The van der Waals surface area contributed by atoms with Crippen LogP contribution in [0.5, 0.6) is 17.2 Å². The first-order chi connectivity index (χ1) is 18.0. The fraction of sp³-hybridized carbons (Fsp3) is 0.393. The third kappa shape index (κ3) is 4.91. The normalized spacial score (nSPS) is 15.2. The molecule has 194 valence electrons. The first-order valence-corrected chi connectivity index (χ1v) is 12.4. The average molecular weight is 504 g/mol. The summed E-state index contributed by atoms with van der Waals surface area (Å²) in [5, 5.41) is 5.61. The number of anilines is 1. The maximum Gasteiger partial charge on any atom is 0.203 e. The van der Waals surface area contributed by atoms with Gasteiger partial charge in [0.2, 0.25) is 5.75 Å². The highest BCUT2D eigenvalue weighted by Gasteiger charge is 2.24. The van der Waals surface area contributed by atoms with Crippen molar-refractivity contribution in [1.29, 1.82) is 0 Å². The Kier molecular flexibility index (Phi) is 7.14. The third-order valence-electron chi connectivity index (χ3n) is 6.78. The highest BCUT2D eigenvalue weighted by Crippen LogP contribution is 2.39. The van der Waals surface area contributed by atoms with E-state index < -0.39 is 0 Å². The van der Waals surface area contributed by atoms with E-state index in [1.807, 2.05) is 23.0 Å². The van der Waals surface area contributed by atoms with Crippen molar-refractivity contribution < 1.29 is 18.9 Å². The zero-order chi connectivity index (χ0) is 25.9. The first-order valence-electron chi connectivity index (χ1n) is 12.4. The van der Waals surface area contributed by atoms with E-state index in [0.717, 1.165) is 53.1 Å². The van der Waals surface area contributed by atoms with Crippen molar-refractivity contribution >= 4 is 16.9 Å². The highest BCUT2D eigenvalue weighted by molar-refractivity contribution is 5.88. The smallest absolute Gasteiger partial charge is 0.203 e. The Morgan fingerprint density at radius 2 is 1.81 bits per heavy atom. The summed E-state index contributed by atoms with van der Waals surface area (Å²) >= 11 is 0. The van der Waals surface area contributed by atoms with Crippen LogP contribution in [0.3, 0.4) is 0 Å². The van der Waals surface area contributed by atoms with Gasteiger partial charge in [0.15, 0.2) is 17.1 Å². The van der Waals surface area contributed by atoms with Gasteiger partial charge >= 0.3 is 0 Å². The lowest BCUT2D eigenvalue weighted by atomic mass is 10.1. The Bertz CT molecular complexity index is 1370. The van der Waals surface area contributed by atoms with Gasteiger partial charge in [0.1, 0.15) is 12.1 Å². The monoisotopic (exact) mass is 503 g/mol. The molecule has 1 aliphatic rings. The van der Waals surface area contributed by atoms with Crippen LogP contribution in [0.2, 0.25) is 0 Å². The Morgan fingerprint density at radius 3 is 2.49 bits per heavy atom. The zero-order valence-electron chi connectivity index (χ0n) is 22.0. The van der Waals surface area contributed by atoms with Gasteiger partial charge in [0.05, 0.1) is 44.7 Å². The van der Waals surface area contributed by atoms with E-state index in [1.165, 1.54) is 5.56 Å². The van der Waals surface area contributed by atoms with Gasteiger partial charge in [-0.25, -0.2) is 14.6 Å². The van der Waals surface area contributed by atoms with Crippen LogP contribution >= 0.6 is 0 Å². The maximum absolute atomic E-state index is 6.01. The van der Waals surface area contributed by atoms with Gasteiger partial charge in [0.25, 0.3) is 0 Å². The van der Waals surface area contributed by atoms with E-state index in [2.05, 4.69) is 41.9 Å². The molecule has 0 bridgehead atoms. The van der Waals surface area contributed by atoms with E-state index >= 15 is 0 Å². The standard InChI is InChI=1S/C28H33N5O4/c1-18-8-9-19(2)23(11-18)33-28-22(14-31-33)27(29-17-30-28)32(16-21-7-6-10-37-21)15-20-12-24(34-3)26(36-5)25(13-20)35-4/h8-9,11-14,17,21H,6-7,10,15-16H2,1-5H3. The minimum atomic E-state index is 0.126. The van der Waals surface area contributed by atoms with Crippen LogP contribution in [0.15, 0.2) is 42.9 Å². The van der Waals surface area contributed by atoms with Crippen molar-refractivity contribution in [1.82, 2.24) is 19.7 Å². The molecular weight excluding hydrogens is 470 g/mol. The molecule has 37 heavy (non-hydrogen) atoms. The number of fused-ring (bicyclic) bond motifs is 1. The zero-order valence-corrected chi connectivity index (χ0v) is 22.0. The van der Waals surface area contributed by atoms with Crippen LogP contribution < -0.4 is 19.1 Å². The van der Waals surface area contributed by atoms with Crippen LogP contribution in [0, 0.1) is 13.8 Å². The van der Waals surface area contributed by atoms with E-state index in [0.29, 0.717) is 30.3 Å². The van der Waals surface area contributed by atoms with Gasteiger partial charge in [-0.1, -0.05) is 12.1 Å². The minimum absolute atomic E-state index is 0.126. The Balaban J connectivity index is 1.58. The molecule has 2 aromatic carbocycles. The molecule has 0 amide bonds. The molecule has 4 aromatic rings. The van der Waals surface area contributed by atoms with E-state index in [-0.39, 0.29) is 6.10 Å². The highest BCUT2D eigenvalue weighted by atomic mass is 16.5. The molecule has 0 radical (unpaired) electrons. The molecule has 0 N–H and O–H groups in total. The second kappa shape index (κ2) is 10.6. The van der Waals surface area contributed by atoms with Gasteiger partial charge in [-0.15, -0.1) is 0 Å². The summed E-state index contributed by atoms with van der Waals surface area (Å²) in [6, 6.07) is 10.3. The molecule has 9 heteroatoms. The molecule has 1 aliphatic heterocycles. The third-order valence-corrected chi connectivity index (χ3v) is 6.78. The Morgan fingerprint density at radius 1 is 1.03 bits per heavy atom. The van der Waals surface area contributed by atoms with Gasteiger partial charge in [-0.2, -0.15) is 5.10 Å². The van der Waals surface area contributed by atoms with Crippen LogP contribution in [-0.2, 0) is 11.3 Å². The number of rotatable bonds is 9. The number of aryl methyl sites for hydroxylation is 2. The van der Waals surface area contributed by atoms with Gasteiger partial charge in [-0.3, -0.25) is 0 Å².